The van der Waals surface area contributed by atoms with Crippen LogP contribution < -0.4 is 5.11 Å². The van der Waals surface area contributed by atoms with E-state index in [9.17, 15) is 19.5 Å². The Labute approximate surface area is 576 Å². The average molecular weight is 1300 g/mol. The number of carboxylic acids is 1. The highest BCUT2D eigenvalue weighted by Crippen LogP contribution is 2.19. The van der Waals surface area contributed by atoms with Crippen molar-refractivity contribution in [2.75, 3.05) is 47.5 Å². The van der Waals surface area contributed by atoms with Gasteiger partial charge in [0.25, 0.3) is 0 Å². The molecule has 540 valence electrons. The zero-order chi connectivity index (χ0) is 67.5. The molecule has 0 N–H and O–H groups in total. The number of unbranched alkanes of at least 4 members (excludes halogenated alkanes) is 45. The summed E-state index contributed by atoms with van der Waals surface area (Å²) in [5, 5.41) is 11.9. The van der Waals surface area contributed by atoms with Gasteiger partial charge in [-0.1, -0.05) is 356 Å². The first kappa shape index (κ1) is 89.5. The van der Waals surface area contributed by atoms with Crippen LogP contribution in [0.15, 0.2) is 85.1 Å². The van der Waals surface area contributed by atoms with Crippen LogP contribution in [0, 0.1) is 0 Å². The molecule has 0 radical (unpaired) electrons. The fourth-order valence-corrected chi connectivity index (χ4v) is 11.6. The predicted octanol–water partition coefficient (Wildman–Crippen LogP) is 24.0. The lowest BCUT2D eigenvalue weighted by molar-refractivity contribution is -0.870. The van der Waals surface area contributed by atoms with Gasteiger partial charge in [-0.3, -0.25) is 9.59 Å². The molecule has 2 atom stereocenters. The fourth-order valence-electron chi connectivity index (χ4n) is 11.6. The fraction of sp³-hybridized carbons (Fsp3) is 0.798. The van der Waals surface area contributed by atoms with Gasteiger partial charge in [0.15, 0.2) is 12.4 Å². The minimum absolute atomic E-state index is 0.148. The summed E-state index contributed by atoms with van der Waals surface area (Å²) >= 11 is 0. The number of quaternary nitrogens is 1. The maximum absolute atomic E-state index is 13.0. The molecule has 0 aromatic rings. The number of carboxylic acid groups (broad SMARTS) is 1. The first-order valence-corrected chi connectivity index (χ1v) is 39.7. The van der Waals surface area contributed by atoms with E-state index in [1.165, 1.54) is 270 Å². The number of allylic oxidation sites excluding steroid dienone is 14. The number of carbonyl (C=O) groups is 3. The topological polar surface area (TPSA) is 111 Å². The minimum Gasteiger partial charge on any atom is -0.545 e. The number of nitrogens with zero attached hydrogens (tertiary/aromatic N) is 1. The van der Waals surface area contributed by atoms with Crippen LogP contribution in [-0.4, -0.2) is 82.3 Å². The third-order valence-electron chi connectivity index (χ3n) is 17.6. The highest BCUT2D eigenvalue weighted by Gasteiger charge is 2.22. The lowest BCUT2D eigenvalue weighted by atomic mass is 10.0. The average Bonchev–Trinajstić information content (AvgIpc) is 3.74. The van der Waals surface area contributed by atoms with Crippen molar-refractivity contribution in [1.29, 1.82) is 0 Å². The monoisotopic (exact) mass is 1300 g/mol. The van der Waals surface area contributed by atoms with E-state index in [1.54, 1.807) is 0 Å². The molecule has 9 heteroatoms. The van der Waals surface area contributed by atoms with E-state index < -0.39 is 24.3 Å². The molecule has 0 rings (SSSR count). The van der Waals surface area contributed by atoms with Gasteiger partial charge in [-0.05, 0) is 89.9 Å². The second-order valence-corrected chi connectivity index (χ2v) is 28.0. The summed E-state index contributed by atoms with van der Waals surface area (Å²) in [5.74, 6) is -2.26. The van der Waals surface area contributed by atoms with Gasteiger partial charge >= 0.3 is 11.9 Å². The predicted molar refractivity (Wildman–Crippen MR) is 398 cm³/mol. The standard InChI is InChI=1S/C84H151NO8/c1-6-8-10-12-14-16-18-20-22-24-26-28-30-32-34-36-38-40-41-43-45-47-49-51-53-55-57-59-61-63-65-67-69-71-73-75-82(87)93-80(79-92-84(83(88)89)90-77-76-85(3,4)5)78-91-81(86)74-72-70-68-66-64-62-60-58-56-54-52-50-48-46-44-42-39-37-35-33-31-29-27-25-23-21-19-17-15-13-11-9-7-2/h8,10,14,16,19-22,25-28,32,34,80,84H,6-7,9,11-13,15,17-18,23-24,29-31,33,35-79H2,1-5H3/b10-8-,16-14-,21-19-,22-20-,27-25-,28-26-,34-32-. The Hall–Kier alpha value is -3.53. The Morgan fingerprint density at radius 3 is 0.914 bits per heavy atom. The molecule has 2 unspecified atom stereocenters. The van der Waals surface area contributed by atoms with Crippen molar-refractivity contribution in [3.05, 3.63) is 85.1 Å². The molecule has 0 amide bonds. The molecular weight excluding hydrogens is 1150 g/mol. The quantitative estimate of drug-likeness (QED) is 0.0195. The molecule has 9 nitrogen and oxygen atoms in total. The molecule has 0 aliphatic carbocycles. The molecule has 0 saturated heterocycles. The normalized spacial score (nSPS) is 13.1. The summed E-state index contributed by atoms with van der Waals surface area (Å²) in [7, 11) is 5.95. The summed E-state index contributed by atoms with van der Waals surface area (Å²) in [6.07, 6.45) is 98.5. The maximum atomic E-state index is 13.0. The van der Waals surface area contributed by atoms with E-state index in [1.807, 2.05) is 21.1 Å². The lowest BCUT2D eigenvalue weighted by Gasteiger charge is -2.26. The SMILES string of the molecule is CC/C=C\C/C=C\C/C=C\C/C=C\C/C=C\CCCCCCCCCCCCCCCCCCCCCC(=O)OC(COC(=O)CCCCCCCCCCCCCCCCCCCCCCC/C=C\C/C=C\CCCCCCC)COC(OCC[N+](C)(C)C)C(=O)[O-]. The van der Waals surface area contributed by atoms with Crippen LogP contribution in [0.2, 0.25) is 0 Å². The molecule has 0 aliphatic heterocycles. The van der Waals surface area contributed by atoms with Gasteiger partial charge in [-0.25, -0.2) is 0 Å². The van der Waals surface area contributed by atoms with Crippen molar-refractivity contribution < 1.29 is 42.9 Å². The van der Waals surface area contributed by atoms with E-state index in [0.29, 0.717) is 23.9 Å². The number of carbonyl (C=O) groups excluding carboxylic acids is 3. The molecule has 0 bridgehead atoms. The van der Waals surface area contributed by atoms with Gasteiger partial charge in [-0.15, -0.1) is 0 Å². The van der Waals surface area contributed by atoms with Crippen molar-refractivity contribution in [1.82, 2.24) is 0 Å². The van der Waals surface area contributed by atoms with Gasteiger partial charge in [0, 0.05) is 12.8 Å². The Balaban J connectivity index is 4.00. The maximum Gasteiger partial charge on any atom is 0.306 e. The number of rotatable bonds is 74. The number of aliphatic carboxylic acids is 1. The van der Waals surface area contributed by atoms with E-state index >= 15 is 0 Å². The Bertz CT molecular complexity index is 1810. The van der Waals surface area contributed by atoms with Crippen molar-refractivity contribution >= 4 is 17.9 Å². The van der Waals surface area contributed by atoms with Crippen molar-refractivity contribution in [2.45, 2.75) is 386 Å². The number of hydrogen-bond acceptors (Lipinski definition) is 8. The van der Waals surface area contributed by atoms with Crippen LogP contribution in [0.1, 0.15) is 373 Å². The molecule has 0 saturated carbocycles. The van der Waals surface area contributed by atoms with Gasteiger partial charge < -0.3 is 33.3 Å². The number of hydrogen-bond donors (Lipinski definition) is 0. The summed E-state index contributed by atoms with van der Waals surface area (Å²) in [5.41, 5.74) is 0. The zero-order valence-electron chi connectivity index (χ0n) is 61.9. The van der Waals surface area contributed by atoms with Crippen LogP contribution in [0.4, 0.5) is 0 Å². The number of esters is 2. The zero-order valence-corrected chi connectivity index (χ0v) is 61.9. The Morgan fingerprint density at radius 2 is 0.613 bits per heavy atom. The molecule has 0 aromatic heterocycles. The van der Waals surface area contributed by atoms with Gasteiger partial charge in [0.2, 0.25) is 0 Å². The van der Waals surface area contributed by atoms with Crippen LogP contribution in [-0.2, 0) is 33.3 Å². The second-order valence-electron chi connectivity index (χ2n) is 28.0. The number of ether oxygens (including phenoxy) is 4. The minimum atomic E-state index is -1.62. The molecule has 93 heavy (non-hydrogen) atoms. The Morgan fingerprint density at radius 1 is 0.333 bits per heavy atom. The number of likely N-dealkylation sites (N-methyl/N-ethyl adjacent to an activating group) is 1. The van der Waals surface area contributed by atoms with E-state index in [-0.39, 0.29) is 32.2 Å². The van der Waals surface area contributed by atoms with Gasteiger partial charge in [0.1, 0.15) is 13.2 Å². The third-order valence-corrected chi connectivity index (χ3v) is 17.6. The molecule has 0 aliphatic rings. The van der Waals surface area contributed by atoms with Crippen LogP contribution in [0.25, 0.3) is 0 Å². The van der Waals surface area contributed by atoms with Gasteiger partial charge in [0.05, 0.1) is 40.3 Å². The smallest absolute Gasteiger partial charge is 0.306 e. The molecule has 0 spiro atoms. The lowest BCUT2D eigenvalue weighted by Crippen LogP contribution is -2.44. The first-order chi connectivity index (χ1) is 45.6. The van der Waals surface area contributed by atoms with Crippen LogP contribution >= 0.6 is 0 Å². The van der Waals surface area contributed by atoms with Crippen molar-refractivity contribution in [3.8, 4) is 0 Å². The molecular formula is C84H151NO8. The molecule has 0 fully saturated rings. The van der Waals surface area contributed by atoms with E-state index in [2.05, 4.69) is 98.9 Å². The largest absolute Gasteiger partial charge is 0.545 e. The summed E-state index contributed by atoms with van der Waals surface area (Å²) in [6, 6.07) is 0. The highest BCUT2D eigenvalue weighted by atomic mass is 16.7. The van der Waals surface area contributed by atoms with E-state index in [4.69, 9.17) is 18.9 Å². The van der Waals surface area contributed by atoms with Crippen molar-refractivity contribution in [3.63, 3.8) is 0 Å². The first-order valence-electron chi connectivity index (χ1n) is 39.7. The van der Waals surface area contributed by atoms with Crippen molar-refractivity contribution in [2.24, 2.45) is 0 Å². The molecule has 0 heterocycles. The summed E-state index contributed by atoms with van der Waals surface area (Å²) < 4.78 is 22.9. The highest BCUT2D eigenvalue weighted by molar-refractivity contribution is 5.70. The second kappa shape index (κ2) is 74.3. The summed E-state index contributed by atoms with van der Waals surface area (Å²) in [6.45, 7) is 4.68. The Kier molecular flexibility index (Phi) is 71.4. The molecule has 0 aromatic carbocycles. The third kappa shape index (κ3) is 75.7. The van der Waals surface area contributed by atoms with Crippen LogP contribution in [0.3, 0.4) is 0 Å². The summed E-state index contributed by atoms with van der Waals surface area (Å²) in [4.78, 5) is 37.6. The van der Waals surface area contributed by atoms with Crippen LogP contribution in [0.5, 0.6) is 0 Å². The van der Waals surface area contributed by atoms with Gasteiger partial charge in [-0.2, -0.15) is 0 Å². The van der Waals surface area contributed by atoms with E-state index in [0.717, 1.165) is 70.6 Å².